The van der Waals surface area contributed by atoms with Crippen molar-refractivity contribution < 1.29 is 19.2 Å². The predicted molar refractivity (Wildman–Crippen MR) is 124 cm³/mol. The second-order valence-electron chi connectivity index (χ2n) is 9.09. The molecule has 0 unspecified atom stereocenters. The van der Waals surface area contributed by atoms with Crippen molar-refractivity contribution in [1.82, 2.24) is 14.8 Å². The topological polar surface area (TPSA) is 84.3 Å². The number of hydrogen-bond acceptors (Lipinski definition) is 6. The standard InChI is InChI=1S/C25H30N4O4/c1-24(16-20(27-33-24)18-9-11-19(32-4)12-10-18)22(30)29-15-7-13-25(17-29,23(31)28(2)3)21-8-5-6-14-26-21/h5-6,8-12,14H,7,13,15-17H2,1-4H3/t24-,25+/m1/s1. The van der Waals surface area contributed by atoms with E-state index in [0.29, 0.717) is 37.2 Å². The second-order valence-corrected chi connectivity index (χ2v) is 9.09. The van der Waals surface area contributed by atoms with Gasteiger partial charge in [0, 0.05) is 39.8 Å². The van der Waals surface area contributed by atoms with Gasteiger partial charge in [-0.25, -0.2) is 0 Å². The molecule has 0 N–H and O–H groups in total. The van der Waals surface area contributed by atoms with Crippen LogP contribution in [-0.4, -0.2) is 72.2 Å². The first-order valence-corrected chi connectivity index (χ1v) is 11.1. The molecule has 2 amide bonds. The Morgan fingerprint density at radius 1 is 1.15 bits per heavy atom. The summed E-state index contributed by atoms with van der Waals surface area (Å²) in [7, 11) is 5.10. The lowest BCUT2D eigenvalue weighted by atomic mass is 9.75. The van der Waals surface area contributed by atoms with Crippen LogP contribution in [0, 0.1) is 0 Å². The highest BCUT2D eigenvalue weighted by Crippen LogP contribution is 2.37. The number of likely N-dealkylation sites (N-methyl/N-ethyl adjacent to an activating group) is 1. The molecule has 0 bridgehead atoms. The van der Waals surface area contributed by atoms with Crippen molar-refractivity contribution in [3.63, 3.8) is 0 Å². The molecule has 174 valence electrons. The van der Waals surface area contributed by atoms with Crippen molar-refractivity contribution in [2.75, 3.05) is 34.3 Å². The highest BCUT2D eigenvalue weighted by Gasteiger charge is 2.51. The maximum Gasteiger partial charge on any atom is 0.269 e. The number of rotatable bonds is 5. The largest absolute Gasteiger partial charge is 0.497 e. The van der Waals surface area contributed by atoms with E-state index in [1.54, 1.807) is 44.1 Å². The van der Waals surface area contributed by atoms with Crippen molar-refractivity contribution in [2.45, 2.75) is 37.2 Å². The Morgan fingerprint density at radius 3 is 2.55 bits per heavy atom. The van der Waals surface area contributed by atoms with Crippen LogP contribution in [0.4, 0.5) is 0 Å². The number of benzene rings is 1. The number of methoxy groups -OCH3 is 1. The van der Waals surface area contributed by atoms with E-state index < -0.39 is 11.0 Å². The van der Waals surface area contributed by atoms with Crippen molar-refractivity contribution >= 4 is 17.5 Å². The Morgan fingerprint density at radius 2 is 1.91 bits per heavy atom. The maximum atomic E-state index is 13.7. The minimum absolute atomic E-state index is 0.0497. The Balaban J connectivity index is 1.56. The summed E-state index contributed by atoms with van der Waals surface area (Å²) in [6, 6.07) is 13.1. The van der Waals surface area contributed by atoms with E-state index in [0.717, 1.165) is 11.3 Å². The van der Waals surface area contributed by atoms with E-state index in [-0.39, 0.29) is 18.4 Å². The van der Waals surface area contributed by atoms with E-state index >= 15 is 0 Å². The van der Waals surface area contributed by atoms with Gasteiger partial charge in [-0.05, 0) is 61.7 Å². The molecule has 4 rings (SSSR count). The van der Waals surface area contributed by atoms with Gasteiger partial charge >= 0.3 is 0 Å². The molecule has 2 aliphatic heterocycles. The third kappa shape index (κ3) is 4.17. The van der Waals surface area contributed by atoms with E-state index in [4.69, 9.17) is 9.57 Å². The molecule has 1 aromatic carbocycles. The Labute approximate surface area is 194 Å². The zero-order valence-corrected chi connectivity index (χ0v) is 19.6. The van der Waals surface area contributed by atoms with E-state index in [9.17, 15) is 9.59 Å². The summed E-state index contributed by atoms with van der Waals surface area (Å²) >= 11 is 0. The second kappa shape index (κ2) is 8.84. The first-order chi connectivity index (χ1) is 15.8. The fraction of sp³-hybridized carbons (Fsp3) is 0.440. The molecule has 1 fully saturated rings. The molecule has 2 aliphatic rings. The summed E-state index contributed by atoms with van der Waals surface area (Å²) in [5.74, 6) is 0.537. The number of hydrogen-bond donors (Lipinski definition) is 0. The summed E-state index contributed by atoms with van der Waals surface area (Å²) in [4.78, 5) is 40.6. The van der Waals surface area contributed by atoms with Gasteiger partial charge in [-0.15, -0.1) is 0 Å². The smallest absolute Gasteiger partial charge is 0.269 e. The summed E-state index contributed by atoms with van der Waals surface area (Å²) < 4.78 is 5.21. The van der Waals surface area contributed by atoms with Gasteiger partial charge in [0.05, 0.1) is 18.5 Å². The molecule has 0 aliphatic carbocycles. The molecule has 8 nitrogen and oxygen atoms in total. The lowest BCUT2D eigenvalue weighted by Gasteiger charge is -2.43. The van der Waals surface area contributed by atoms with Crippen LogP contribution in [0.5, 0.6) is 5.75 Å². The number of pyridine rings is 1. The molecule has 33 heavy (non-hydrogen) atoms. The van der Waals surface area contributed by atoms with Crippen LogP contribution < -0.4 is 4.74 Å². The monoisotopic (exact) mass is 450 g/mol. The Kier molecular flexibility index (Phi) is 6.10. The number of nitrogens with zero attached hydrogens (tertiary/aromatic N) is 4. The highest BCUT2D eigenvalue weighted by atomic mass is 16.7. The number of ether oxygens (including phenoxy) is 1. The highest BCUT2D eigenvalue weighted by molar-refractivity contribution is 6.05. The third-order valence-corrected chi connectivity index (χ3v) is 6.49. The Bertz CT molecular complexity index is 1050. The molecule has 1 saturated heterocycles. The van der Waals surface area contributed by atoms with E-state index in [1.165, 1.54) is 0 Å². The molecule has 0 saturated carbocycles. The zero-order valence-electron chi connectivity index (χ0n) is 19.6. The fourth-order valence-electron chi connectivity index (χ4n) is 4.72. The van der Waals surface area contributed by atoms with Gasteiger partial charge < -0.3 is 19.4 Å². The predicted octanol–water partition coefficient (Wildman–Crippen LogP) is 2.62. The number of carbonyl (C=O) groups is 2. The first kappa shape index (κ1) is 22.8. The fourth-order valence-corrected chi connectivity index (χ4v) is 4.72. The van der Waals surface area contributed by atoms with Crippen LogP contribution in [-0.2, 0) is 19.8 Å². The van der Waals surface area contributed by atoms with Crippen molar-refractivity contribution in [3.05, 3.63) is 59.9 Å². The van der Waals surface area contributed by atoms with Crippen LogP contribution in [0.25, 0.3) is 0 Å². The number of likely N-dealkylation sites (tertiary alicyclic amines) is 1. The average Bonchev–Trinajstić information content (AvgIpc) is 3.26. The number of amides is 2. The quantitative estimate of drug-likeness (QED) is 0.699. The molecule has 2 atom stereocenters. The molecule has 1 aromatic heterocycles. The van der Waals surface area contributed by atoms with Gasteiger partial charge in [0.15, 0.2) is 0 Å². The van der Waals surface area contributed by atoms with Gasteiger partial charge in [0.25, 0.3) is 5.91 Å². The molecule has 8 heteroatoms. The number of piperidine rings is 1. The van der Waals surface area contributed by atoms with Crippen molar-refractivity contribution in [1.29, 1.82) is 0 Å². The van der Waals surface area contributed by atoms with E-state index in [2.05, 4.69) is 10.1 Å². The zero-order chi connectivity index (χ0) is 23.6. The number of oxime groups is 1. The molecule has 3 heterocycles. The molecule has 2 aromatic rings. The molecular formula is C25H30N4O4. The minimum Gasteiger partial charge on any atom is -0.497 e. The molecular weight excluding hydrogens is 420 g/mol. The lowest BCUT2D eigenvalue weighted by Crippen LogP contribution is -2.59. The summed E-state index contributed by atoms with van der Waals surface area (Å²) in [6.07, 6.45) is 3.38. The van der Waals surface area contributed by atoms with Gasteiger partial charge in [-0.3, -0.25) is 14.6 Å². The minimum atomic E-state index is -1.12. The number of carbonyl (C=O) groups excluding carboxylic acids is 2. The van der Waals surface area contributed by atoms with E-state index in [1.807, 2.05) is 42.5 Å². The first-order valence-electron chi connectivity index (χ1n) is 11.1. The van der Waals surface area contributed by atoms with Crippen LogP contribution in [0.2, 0.25) is 0 Å². The maximum absolute atomic E-state index is 13.7. The van der Waals surface area contributed by atoms with Crippen LogP contribution in [0.15, 0.2) is 53.8 Å². The third-order valence-electron chi connectivity index (χ3n) is 6.49. The van der Waals surface area contributed by atoms with Gasteiger partial charge in [0.1, 0.15) is 11.2 Å². The summed E-state index contributed by atoms with van der Waals surface area (Å²) in [6.45, 7) is 2.59. The Hall–Kier alpha value is -3.42. The van der Waals surface area contributed by atoms with Gasteiger partial charge in [-0.2, -0.15) is 0 Å². The van der Waals surface area contributed by atoms with Crippen LogP contribution >= 0.6 is 0 Å². The molecule has 0 spiro atoms. The van der Waals surface area contributed by atoms with Crippen LogP contribution in [0.1, 0.15) is 37.4 Å². The SMILES string of the molecule is COc1ccc(C2=NO[C@@](C)(C(=O)N3CCC[C@@](C(=O)N(C)C)(c4ccccn4)C3)C2)cc1. The number of aromatic nitrogens is 1. The van der Waals surface area contributed by atoms with Gasteiger partial charge in [0.2, 0.25) is 11.5 Å². The molecule has 0 radical (unpaired) electrons. The van der Waals surface area contributed by atoms with Crippen LogP contribution in [0.3, 0.4) is 0 Å². The van der Waals surface area contributed by atoms with Crippen molar-refractivity contribution in [2.24, 2.45) is 5.16 Å². The van der Waals surface area contributed by atoms with Gasteiger partial charge in [-0.1, -0.05) is 11.2 Å². The normalized spacial score (nSPS) is 24.6. The lowest BCUT2D eigenvalue weighted by molar-refractivity contribution is -0.157. The summed E-state index contributed by atoms with van der Waals surface area (Å²) in [5.41, 5.74) is 0.285. The van der Waals surface area contributed by atoms with Crippen molar-refractivity contribution in [3.8, 4) is 5.75 Å². The summed E-state index contributed by atoms with van der Waals surface area (Å²) in [5, 5.41) is 4.23. The average molecular weight is 451 g/mol.